The SMILES string of the molecule is COC(=O)CCC(=O)N1CCCN(C(=O)c2ccc3c(c2)CCC3)CC1. The van der Waals surface area contributed by atoms with Gasteiger partial charge in [0.15, 0.2) is 0 Å². The molecule has 1 aromatic rings. The van der Waals surface area contributed by atoms with Crippen LogP contribution in [0.25, 0.3) is 0 Å². The first kappa shape index (κ1) is 18.4. The molecule has 0 aromatic heterocycles. The maximum absolute atomic E-state index is 12.8. The monoisotopic (exact) mass is 358 g/mol. The second kappa shape index (κ2) is 8.34. The summed E-state index contributed by atoms with van der Waals surface area (Å²) in [5.74, 6) is -0.382. The number of carbonyl (C=O) groups is 3. The van der Waals surface area contributed by atoms with Crippen molar-refractivity contribution in [2.24, 2.45) is 0 Å². The molecule has 0 spiro atoms. The Balaban J connectivity index is 1.57. The van der Waals surface area contributed by atoms with Gasteiger partial charge in [0.2, 0.25) is 5.91 Å². The van der Waals surface area contributed by atoms with Crippen LogP contribution in [0.3, 0.4) is 0 Å². The summed E-state index contributed by atoms with van der Waals surface area (Å²) in [4.78, 5) is 39.9. The van der Waals surface area contributed by atoms with E-state index in [1.807, 2.05) is 17.0 Å². The van der Waals surface area contributed by atoms with Crippen molar-refractivity contribution < 1.29 is 19.1 Å². The van der Waals surface area contributed by atoms with Gasteiger partial charge in [0.1, 0.15) is 0 Å². The van der Waals surface area contributed by atoms with Gasteiger partial charge >= 0.3 is 5.97 Å². The van der Waals surface area contributed by atoms with Gasteiger partial charge in [0.05, 0.1) is 13.5 Å². The van der Waals surface area contributed by atoms with Crippen LogP contribution in [0.15, 0.2) is 18.2 Å². The fraction of sp³-hybridized carbons (Fsp3) is 0.550. The Morgan fingerprint density at radius 2 is 1.65 bits per heavy atom. The number of esters is 1. The molecule has 26 heavy (non-hydrogen) atoms. The molecule has 0 radical (unpaired) electrons. The number of fused-ring (bicyclic) bond motifs is 1. The molecule has 1 fully saturated rings. The molecule has 0 atom stereocenters. The quantitative estimate of drug-likeness (QED) is 0.770. The highest BCUT2D eigenvalue weighted by Gasteiger charge is 2.24. The topological polar surface area (TPSA) is 66.9 Å². The molecule has 6 nitrogen and oxygen atoms in total. The molecule has 1 aliphatic heterocycles. The second-order valence-corrected chi connectivity index (χ2v) is 6.94. The summed E-state index contributed by atoms with van der Waals surface area (Å²) in [5, 5.41) is 0. The molecule has 3 rings (SSSR count). The first-order chi connectivity index (χ1) is 12.6. The molecule has 0 unspecified atom stereocenters. The number of hydrogen-bond donors (Lipinski definition) is 0. The maximum Gasteiger partial charge on any atom is 0.306 e. The fourth-order valence-electron chi connectivity index (χ4n) is 3.73. The first-order valence-electron chi connectivity index (χ1n) is 9.34. The van der Waals surface area contributed by atoms with Crippen molar-refractivity contribution in [2.45, 2.75) is 38.5 Å². The average Bonchev–Trinajstić information content (AvgIpc) is 2.99. The van der Waals surface area contributed by atoms with Gasteiger partial charge < -0.3 is 14.5 Å². The van der Waals surface area contributed by atoms with Gasteiger partial charge in [-0.15, -0.1) is 0 Å². The molecule has 1 aliphatic carbocycles. The van der Waals surface area contributed by atoms with Gasteiger partial charge in [-0.25, -0.2) is 0 Å². The molecular weight excluding hydrogens is 332 g/mol. The van der Waals surface area contributed by atoms with Gasteiger partial charge in [-0.05, 0) is 48.9 Å². The molecule has 1 heterocycles. The number of methoxy groups -OCH3 is 1. The minimum atomic E-state index is -0.374. The lowest BCUT2D eigenvalue weighted by Gasteiger charge is -2.22. The van der Waals surface area contributed by atoms with E-state index in [4.69, 9.17) is 0 Å². The number of ether oxygens (including phenoxy) is 1. The highest BCUT2D eigenvalue weighted by Crippen LogP contribution is 2.23. The van der Waals surface area contributed by atoms with Gasteiger partial charge in [0.25, 0.3) is 5.91 Å². The molecule has 0 bridgehead atoms. The van der Waals surface area contributed by atoms with Crippen molar-refractivity contribution in [3.8, 4) is 0 Å². The van der Waals surface area contributed by atoms with Gasteiger partial charge in [0, 0.05) is 38.2 Å². The van der Waals surface area contributed by atoms with Crippen LogP contribution in [-0.4, -0.2) is 60.9 Å². The number of carbonyl (C=O) groups excluding carboxylic acids is 3. The second-order valence-electron chi connectivity index (χ2n) is 6.94. The van der Waals surface area contributed by atoms with E-state index in [0.29, 0.717) is 26.2 Å². The number of amides is 2. The maximum atomic E-state index is 12.8. The van der Waals surface area contributed by atoms with E-state index in [1.165, 1.54) is 24.7 Å². The number of benzene rings is 1. The van der Waals surface area contributed by atoms with Crippen LogP contribution in [0.5, 0.6) is 0 Å². The zero-order valence-corrected chi connectivity index (χ0v) is 15.3. The first-order valence-corrected chi connectivity index (χ1v) is 9.34. The number of rotatable bonds is 4. The predicted octanol–water partition coefficient (Wildman–Crippen LogP) is 1.80. The van der Waals surface area contributed by atoms with Crippen LogP contribution in [0.2, 0.25) is 0 Å². The molecule has 6 heteroatoms. The normalized spacial score (nSPS) is 16.8. The summed E-state index contributed by atoms with van der Waals surface area (Å²) in [5.41, 5.74) is 3.40. The van der Waals surface area contributed by atoms with Crippen LogP contribution < -0.4 is 0 Å². The lowest BCUT2D eigenvalue weighted by Crippen LogP contribution is -2.37. The standard InChI is InChI=1S/C20H26N2O4/c1-26-19(24)9-8-18(23)21-10-3-11-22(13-12-21)20(25)17-7-6-15-4-2-5-16(15)14-17/h6-7,14H,2-5,8-13H2,1H3. The van der Waals surface area contributed by atoms with Crippen molar-refractivity contribution in [1.82, 2.24) is 9.80 Å². The van der Waals surface area contributed by atoms with Crippen LogP contribution in [0.1, 0.15) is 47.2 Å². The van der Waals surface area contributed by atoms with E-state index in [9.17, 15) is 14.4 Å². The van der Waals surface area contributed by atoms with Crippen molar-refractivity contribution >= 4 is 17.8 Å². The Morgan fingerprint density at radius 1 is 0.923 bits per heavy atom. The summed E-state index contributed by atoms with van der Waals surface area (Å²) >= 11 is 0. The van der Waals surface area contributed by atoms with Crippen molar-refractivity contribution in [1.29, 1.82) is 0 Å². The molecule has 0 N–H and O–H groups in total. The average molecular weight is 358 g/mol. The fourth-order valence-corrected chi connectivity index (χ4v) is 3.73. The Hall–Kier alpha value is -2.37. The summed E-state index contributed by atoms with van der Waals surface area (Å²) in [7, 11) is 1.32. The van der Waals surface area contributed by atoms with E-state index in [0.717, 1.165) is 24.8 Å². The molecule has 1 aromatic carbocycles. The number of hydrogen-bond acceptors (Lipinski definition) is 4. The van der Waals surface area contributed by atoms with E-state index in [1.54, 1.807) is 4.90 Å². The van der Waals surface area contributed by atoms with E-state index in [2.05, 4.69) is 10.8 Å². The molecule has 2 amide bonds. The Labute approximate surface area is 154 Å². The smallest absolute Gasteiger partial charge is 0.306 e. The molecule has 1 saturated heterocycles. The molecule has 2 aliphatic rings. The van der Waals surface area contributed by atoms with Crippen LogP contribution in [-0.2, 0) is 27.2 Å². The largest absolute Gasteiger partial charge is 0.469 e. The zero-order valence-electron chi connectivity index (χ0n) is 15.3. The highest BCUT2D eigenvalue weighted by atomic mass is 16.5. The predicted molar refractivity (Wildman–Crippen MR) is 96.8 cm³/mol. The number of aryl methyl sites for hydroxylation is 2. The highest BCUT2D eigenvalue weighted by molar-refractivity contribution is 5.94. The van der Waals surface area contributed by atoms with Crippen molar-refractivity contribution in [3.05, 3.63) is 34.9 Å². The lowest BCUT2D eigenvalue weighted by atomic mass is 10.1. The Kier molecular flexibility index (Phi) is 5.91. The third-order valence-corrected chi connectivity index (χ3v) is 5.25. The van der Waals surface area contributed by atoms with Gasteiger partial charge in [-0.1, -0.05) is 6.07 Å². The van der Waals surface area contributed by atoms with Crippen molar-refractivity contribution in [2.75, 3.05) is 33.3 Å². The molecule has 0 saturated carbocycles. The van der Waals surface area contributed by atoms with Gasteiger partial charge in [-0.3, -0.25) is 14.4 Å². The van der Waals surface area contributed by atoms with E-state index < -0.39 is 0 Å². The van der Waals surface area contributed by atoms with E-state index in [-0.39, 0.29) is 30.6 Å². The van der Waals surface area contributed by atoms with Gasteiger partial charge in [-0.2, -0.15) is 0 Å². The summed E-state index contributed by atoms with van der Waals surface area (Å²) in [6, 6.07) is 6.04. The minimum absolute atomic E-state index is 0.0450. The number of nitrogens with zero attached hydrogens (tertiary/aromatic N) is 2. The summed E-state index contributed by atoms with van der Waals surface area (Å²) in [6.45, 7) is 2.31. The zero-order chi connectivity index (χ0) is 18.5. The summed E-state index contributed by atoms with van der Waals surface area (Å²) < 4.78 is 4.58. The van der Waals surface area contributed by atoms with E-state index >= 15 is 0 Å². The Bertz CT molecular complexity index is 701. The Morgan fingerprint density at radius 3 is 2.46 bits per heavy atom. The lowest BCUT2D eigenvalue weighted by molar-refractivity contribution is -0.143. The minimum Gasteiger partial charge on any atom is -0.469 e. The molecule has 140 valence electrons. The third-order valence-electron chi connectivity index (χ3n) is 5.25. The molecular formula is C20H26N2O4. The van der Waals surface area contributed by atoms with Crippen molar-refractivity contribution in [3.63, 3.8) is 0 Å². The van der Waals surface area contributed by atoms with Crippen LogP contribution >= 0.6 is 0 Å². The van der Waals surface area contributed by atoms with Crippen LogP contribution in [0, 0.1) is 0 Å². The summed E-state index contributed by atoms with van der Waals surface area (Å²) in [6.07, 6.45) is 4.34. The third kappa shape index (κ3) is 4.23. The van der Waals surface area contributed by atoms with Crippen LogP contribution in [0.4, 0.5) is 0 Å².